The molecule has 17 heavy (non-hydrogen) atoms. The number of rotatable bonds is 5. The summed E-state index contributed by atoms with van der Waals surface area (Å²) in [5.74, 6) is -1.48. The average molecular weight is 258 g/mol. The number of aliphatic hydroxyl groups excluding tert-OH is 1. The number of hydrogen-bond donors (Lipinski definition) is 1. The first-order valence-corrected chi connectivity index (χ1v) is 7.01. The van der Waals surface area contributed by atoms with Crippen molar-refractivity contribution in [3.8, 4) is 0 Å². The van der Waals surface area contributed by atoms with E-state index in [0.29, 0.717) is 0 Å². The van der Waals surface area contributed by atoms with Crippen LogP contribution >= 0.6 is 7.60 Å². The third-order valence-electron chi connectivity index (χ3n) is 2.88. The fourth-order valence-electron chi connectivity index (χ4n) is 1.61. The van der Waals surface area contributed by atoms with Gasteiger partial charge in [-0.2, -0.15) is 0 Å². The Kier molecular flexibility index (Phi) is 4.90. The van der Waals surface area contributed by atoms with E-state index in [4.69, 9.17) is 9.05 Å². The molecule has 0 aromatic heterocycles. The van der Waals surface area contributed by atoms with Crippen LogP contribution in [-0.2, 0) is 13.6 Å². The van der Waals surface area contributed by atoms with Gasteiger partial charge in [-0.15, -0.1) is 0 Å². The molecule has 1 aromatic carbocycles. The molecule has 0 aliphatic rings. The first-order valence-electron chi connectivity index (χ1n) is 5.40. The molecule has 1 aromatic rings. The Morgan fingerprint density at radius 2 is 1.65 bits per heavy atom. The quantitative estimate of drug-likeness (QED) is 0.825. The van der Waals surface area contributed by atoms with Crippen LogP contribution in [0.5, 0.6) is 0 Å². The summed E-state index contributed by atoms with van der Waals surface area (Å²) in [4.78, 5) is 0. The summed E-state index contributed by atoms with van der Waals surface area (Å²) in [5, 5.41) is 10.0. The van der Waals surface area contributed by atoms with Crippen LogP contribution in [0.15, 0.2) is 24.3 Å². The SMILES string of the molecule is COP(=O)(OC)C(O)C(C)c1ccc(C)cc1. The number of aliphatic hydroxyl groups is 1. The predicted molar refractivity (Wildman–Crippen MR) is 67.2 cm³/mol. The van der Waals surface area contributed by atoms with E-state index in [9.17, 15) is 9.67 Å². The highest BCUT2D eigenvalue weighted by atomic mass is 31.2. The highest BCUT2D eigenvalue weighted by molar-refractivity contribution is 7.54. The van der Waals surface area contributed by atoms with E-state index in [1.54, 1.807) is 6.92 Å². The van der Waals surface area contributed by atoms with E-state index in [1.165, 1.54) is 14.2 Å². The third-order valence-corrected chi connectivity index (χ3v) is 5.00. The van der Waals surface area contributed by atoms with Gasteiger partial charge >= 0.3 is 7.60 Å². The molecule has 0 bridgehead atoms. The van der Waals surface area contributed by atoms with E-state index in [-0.39, 0.29) is 5.92 Å². The second-order valence-corrected chi connectivity index (χ2v) is 6.36. The van der Waals surface area contributed by atoms with Crippen LogP contribution in [0.25, 0.3) is 0 Å². The second-order valence-electron chi connectivity index (χ2n) is 4.02. The fourth-order valence-corrected chi connectivity index (χ4v) is 2.91. The Morgan fingerprint density at radius 3 is 2.06 bits per heavy atom. The van der Waals surface area contributed by atoms with E-state index in [2.05, 4.69) is 0 Å². The van der Waals surface area contributed by atoms with E-state index in [1.807, 2.05) is 31.2 Å². The van der Waals surface area contributed by atoms with E-state index >= 15 is 0 Å². The standard InChI is InChI=1S/C12H19O4P/c1-9-5-7-11(8-6-9)10(2)12(13)17(14,15-3)16-4/h5-8,10,12-13H,1-4H3. The van der Waals surface area contributed by atoms with E-state index in [0.717, 1.165) is 11.1 Å². The van der Waals surface area contributed by atoms with Crippen molar-refractivity contribution < 1.29 is 18.7 Å². The van der Waals surface area contributed by atoms with Gasteiger partial charge in [0.05, 0.1) is 0 Å². The smallest absolute Gasteiger partial charge is 0.358 e. The molecule has 5 heteroatoms. The van der Waals surface area contributed by atoms with Crippen LogP contribution in [0.3, 0.4) is 0 Å². The summed E-state index contributed by atoms with van der Waals surface area (Å²) in [6.07, 6.45) is 0. The summed E-state index contributed by atoms with van der Waals surface area (Å²) in [6.45, 7) is 3.78. The number of hydrogen-bond acceptors (Lipinski definition) is 4. The third kappa shape index (κ3) is 3.17. The van der Waals surface area contributed by atoms with Gasteiger partial charge in [-0.3, -0.25) is 4.57 Å². The molecule has 1 N–H and O–H groups in total. The van der Waals surface area contributed by atoms with Gasteiger partial charge in [-0.25, -0.2) is 0 Å². The molecule has 96 valence electrons. The molecule has 2 unspecified atom stereocenters. The molecule has 0 heterocycles. The minimum Gasteiger partial charge on any atom is -0.380 e. The molecule has 2 atom stereocenters. The Hall–Kier alpha value is -0.670. The largest absolute Gasteiger partial charge is 0.380 e. The highest BCUT2D eigenvalue weighted by Crippen LogP contribution is 2.54. The van der Waals surface area contributed by atoms with Crippen LogP contribution in [0, 0.1) is 6.92 Å². The van der Waals surface area contributed by atoms with Crippen molar-refractivity contribution in [2.75, 3.05) is 14.2 Å². The maximum absolute atomic E-state index is 12.0. The summed E-state index contributed by atoms with van der Waals surface area (Å²) in [6, 6.07) is 7.70. The molecular weight excluding hydrogens is 239 g/mol. The molecule has 0 aliphatic heterocycles. The summed E-state index contributed by atoms with van der Waals surface area (Å²) in [5.41, 5.74) is 2.04. The van der Waals surface area contributed by atoms with Crippen molar-refractivity contribution in [3.63, 3.8) is 0 Å². The van der Waals surface area contributed by atoms with Crippen molar-refractivity contribution in [2.24, 2.45) is 0 Å². The first kappa shape index (κ1) is 14.4. The molecule has 1 rings (SSSR count). The van der Waals surface area contributed by atoms with Crippen LogP contribution < -0.4 is 0 Å². The van der Waals surface area contributed by atoms with Gasteiger partial charge in [-0.1, -0.05) is 36.8 Å². The van der Waals surface area contributed by atoms with Crippen molar-refractivity contribution in [1.82, 2.24) is 0 Å². The van der Waals surface area contributed by atoms with Crippen molar-refractivity contribution in [3.05, 3.63) is 35.4 Å². The lowest BCUT2D eigenvalue weighted by molar-refractivity contribution is 0.158. The normalized spacial score (nSPS) is 15.6. The van der Waals surface area contributed by atoms with Gasteiger partial charge in [0.1, 0.15) is 0 Å². The van der Waals surface area contributed by atoms with Crippen molar-refractivity contribution in [2.45, 2.75) is 25.6 Å². The number of benzene rings is 1. The average Bonchev–Trinajstić information content (AvgIpc) is 2.37. The van der Waals surface area contributed by atoms with Crippen LogP contribution in [0.2, 0.25) is 0 Å². The van der Waals surface area contributed by atoms with Crippen LogP contribution in [0.1, 0.15) is 24.0 Å². The second kappa shape index (κ2) is 5.78. The predicted octanol–water partition coefficient (Wildman–Crippen LogP) is 2.90. The van der Waals surface area contributed by atoms with Crippen LogP contribution in [0.4, 0.5) is 0 Å². The molecule has 0 spiro atoms. The van der Waals surface area contributed by atoms with Gasteiger partial charge in [-0.05, 0) is 12.5 Å². The van der Waals surface area contributed by atoms with Gasteiger partial charge in [0.25, 0.3) is 0 Å². The zero-order valence-corrected chi connectivity index (χ0v) is 11.5. The Balaban J connectivity index is 2.93. The lowest BCUT2D eigenvalue weighted by Gasteiger charge is -2.25. The molecule has 0 saturated carbocycles. The molecule has 0 saturated heterocycles. The first-order chi connectivity index (χ1) is 7.94. The summed E-state index contributed by atoms with van der Waals surface area (Å²) < 4.78 is 21.6. The van der Waals surface area contributed by atoms with Gasteiger partial charge < -0.3 is 14.2 Å². The lowest BCUT2D eigenvalue weighted by Crippen LogP contribution is -2.18. The maximum atomic E-state index is 12.0. The minimum atomic E-state index is -3.45. The van der Waals surface area contributed by atoms with Crippen molar-refractivity contribution in [1.29, 1.82) is 0 Å². The Morgan fingerprint density at radius 1 is 1.18 bits per heavy atom. The fraction of sp³-hybridized carbons (Fsp3) is 0.500. The highest BCUT2D eigenvalue weighted by Gasteiger charge is 2.37. The zero-order chi connectivity index (χ0) is 13.1. The molecule has 0 aliphatic carbocycles. The Labute approximate surface area is 102 Å². The molecule has 0 fully saturated rings. The molecule has 0 radical (unpaired) electrons. The lowest BCUT2D eigenvalue weighted by atomic mass is 10.0. The summed E-state index contributed by atoms with van der Waals surface area (Å²) >= 11 is 0. The zero-order valence-electron chi connectivity index (χ0n) is 10.6. The van der Waals surface area contributed by atoms with Gasteiger partial charge in [0.2, 0.25) is 0 Å². The minimum absolute atomic E-state index is 0.318. The summed E-state index contributed by atoms with van der Waals surface area (Å²) in [7, 11) is -0.904. The molecular formula is C12H19O4P. The number of aryl methyl sites for hydroxylation is 1. The van der Waals surface area contributed by atoms with Gasteiger partial charge in [0.15, 0.2) is 5.85 Å². The van der Waals surface area contributed by atoms with Crippen molar-refractivity contribution >= 4 is 7.60 Å². The topological polar surface area (TPSA) is 55.8 Å². The van der Waals surface area contributed by atoms with E-state index < -0.39 is 13.4 Å². The van der Waals surface area contributed by atoms with Gasteiger partial charge in [0, 0.05) is 20.1 Å². The van der Waals surface area contributed by atoms with Crippen LogP contribution in [-0.4, -0.2) is 25.2 Å². The monoisotopic (exact) mass is 258 g/mol. The molecule has 4 nitrogen and oxygen atoms in total. The molecule has 0 amide bonds. The Bertz CT molecular complexity index is 393. The maximum Gasteiger partial charge on any atom is 0.358 e.